The van der Waals surface area contributed by atoms with Gasteiger partial charge in [0.2, 0.25) is 5.91 Å². The van der Waals surface area contributed by atoms with Crippen LogP contribution >= 0.6 is 0 Å². The Hall–Kier alpha value is -2.08. The van der Waals surface area contributed by atoms with Crippen LogP contribution in [0, 0.1) is 5.92 Å². The standard InChI is InChI=1S/C13H17N3O3/c1-8(6-14-2)13(18)15-9-3-4-11-10(5-9)16-12(17)7-19-11/h3-5,8,14H,6-7H2,1-2H3,(H,15,18)(H,16,17). The van der Waals surface area contributed by atoms with Gasteiger partial charge in [0.15, 0.2) is 6.61 Å². The Kier molecular flexibility index (Phi) is 4.01. The minimum atomic E-state index is -0.195. The third-order valence-electron chi connectivity index (χ3n) is 2.84. The van der Waals surface area contributed by atoms with Crippen LogP contribution in [0.15, 0.2) is 18.2 Å². The van der Waals surface area contributed by atoms with Crippen molar-refractivity contribution in [3.05, 3.63) is 18.2 Å². The maximum Gasteiger partial charge on any atom is 0.262 e. The van der Waals surface area contributed by atoms with Crippen LogP contribution in [0.5, 0.6) is 5.75 Å². The number of carbonyl (C=O) groups is 2. The van der Waals surface area contributed by atoms with E-state index in [9.17, 15) is 9.59 Å². The summed E-state index contributed by atoms with van der Waals surface area (Å²) in [6.07, 6.45) is 0. The van der Waals surface area contributed by atoms with Gasteiger partial charge in [0.25, 0.3) is 5.91 Å². The molecule has 1 aliphatic heterocycles. The predicted octanol–water partition coefficient (Wildman–Crippen LogP) is 0.811. The van der Waals surface area contributed by atoms with Crippen molar-refractivity contribution in [1.82, 2.24) is 5.32 Å². The molecular weight excluding hydrogens is 246 g/mol. The van der Waals surface area contributed by atoms with E-state index in [1.54, 1.807) is 25.2 Å². The molecule has 2 amide bonds. The smallest absolute Gasteiger partial charge is 0.262 e. The van der Waals surface area contributed by atoms with E-state index >= 15 is 0 Å². The molecule has 1 atom stereocenters. The largest absolute Gasteiger partial charge is 0.482 e. The second-order valence-corrected chi connectivity index (χ2v) is 4.50. The molecule has 19 heavy (non-hydrogen) atoms. The van der Waals surface area contributed by atoms with Crippen LogP contribution in [-0.4, -0.2) is 32.0 Å². The molecule has 0 saturated carbocycles. The molecule has 1 aromatic rings. The van der Waals surface area contributed by atoms with Crippen molar-refractivity contribution >= 4 is 23.2 Å². The predicted molar refractivity (Wildman–Crippen MR) is 72.3 cm³/mol. The lowest BCUT2D eigenvalue weighted by molar-refractivity contribution is -0.119. The Bertz CT molecular complexity index is 502. The average Bonchev–Trinajstić information content (AvgIpc) is 2.38. The third-order valence-corrected chi connectivity index (χ3v) is 2.84. The van der Waals surface area contributed by atoms with Crippen molar-refractivity contribution in [2.75, 3.05) is 30.8 Å². The van der Waals surface area contributed by atoms with E-state index in [-0.39, 0.29) is 24.3 Å². The molecular formula is C13H17N3O3. The lowest BCUT2D eigenvalue weighted by Gasteiger charge is -2.19. The number of amides is 2. The second kappa shape index (κ2) is 5.71. The summed E-state index contributed by atoms with van der Waals surface area (Å²) in [5.74, 6) is 0.213. The highest BCUT2D eigenvalue weighted by molar-refractivity contribution is 5.98. The number of hydrogen-bond acceptors (Lipinski definition) is 4. The van der Waals surface area contributed by atoms with Crippen LogP contribution in [0.3, 0.4) is 0 Å². The topological polar surface area (TPSA) is 79.5 Å². The summed E-state index contributed by atoms with van der Waals surface area (Å²) < 4.78 is 5.25. The monoisotopic (exact) mass is 263 g/mol. The summed E-state index contributed by atoms with van der Waals surface area (Å²) in [6, 6.07) is 5.17. The molecule has 0 bridgehead atoms. The molecule has 3 N–H and O–H groups in total. The fourth-order valence-electron chi connectivity index (χ4n) is 1.83. The number of hydrogen-bond donors (Lipinski definition) is 3. The number of fused-ring (bicyclic) bond motifs is 1. The minimum Gasteiger partial charge on any atom is -0.482 e. The fraction of sp³-hybridized carbons (Fsp3) is 0.385. The molecule has 0 fully saturated rings. The lowest BCUT2D eigenvalue weighted by atomic mass is 10.1. The van der Waals surface area contributed by atoms with Crippen LogP contribution in [0.1, 0.15) is 6.92 Å². The molecule has 0 aliphatic carbocycles. The normalized spacial score (nSPS) is 14.9. The van der Waals surface area contributed by atoms with E-state index in [2.05, 4.69) is 16.0 Å². The van der Waals surface area contributed by atoms with Crippen molar-refractivity contribution < 1.29 is 14.3 Å². The van der Waals surface area contributed by atoms with Crippen molar-refractivity contribution in [3.63, 3.8) is 0 Å². The summed E-state index contributed by atoms with van der Waals surface area (Å²) in [7, 11) is 1.80. The molecule has 1 aliphatic rings. The van der Waals surface area contributed by atoms with Gasteiger partial charge in [-0.1, -0.05) is 6.92 Å². The number of benzene rings is 1. The Morgan fingerprint density at radius 1 is 1.53 bits per heavy atom. The van der Waals surface area contributed by atoms with Gasteiger partial charge in [0.05, 0.1) is 5.69 Å². The Morgan fingerprint density at radius 2 is 2.32 bits per heavy atom. The highest BCUT2D eigenvalue weighted by atomic mass is 16.5. The Labute approximate surface area is 111 Å². The Balaban J connectivity index is 2.08. The molecule has 1 aromatic carbocycles. The molecule has 1 heterocycles. The summed E-state index contributed by atoms with van der Waals surface area (Å²) in [6.45, 7) is 2.48. The molecule has 0 spiro atoms. The van der Waals surface area contributed by atoms with Gasteiger partial charge in [-0.05, 0) is 25.2 Å². The first-order valence-corrected chi connectivity index (χ1v) is 6.12. The number of ether oxygens (including phenoxy) is 1. The first-order chi connectivity index (χ1) is 9.10. The highest BCUT2D eigenvalue weighted by Gasteiger charge is 2.17. The first kappa shape index (κ1) is 13.4. The Morgan fingerprint density at radius 3 is 3.05 bits per heavy atom. The maximum atomic E-state index is 11.9. The fourth-order valence-corrected chi connectivity index (χ4v) is 1.83. The molecule has 6 heteroatoms. The van der Waals surface area contributed by atoms with Crippen LogP contribution in [0.4, 0.5) is 11.4 Å². The minimum absolute atomic E-state index is 0.0257. The van der Waals surface area contributed by atoms with Gasteiger partial charge in [0, 0.05) is 18.2 Å². The van der Waals surface area contributed by atoms with Gasteiger partial charge in [-0.25, -0.2) is 0 Å². The zero-order chi connectivity index (χ0) is 13.8. The summed E-state index contributed by atoms with van der Waals surface area (Å²) >= 11 is 0. The molecule has 102 valence electrons. The van der Waals surface area contributed by atoms with Crippen molar-refractivity contribution in [2.45, 2.75) is 6.92 Å². The van der Waals surface area contributed by atoms with Crippen LogP contribution < -0.4 is 20.7 Å². The second-order valence-electron chi connectivity index (χ2n) is 4.50. The average molecular weight is 263 g/mol. The van der Waals surface area contributed by atoms with E-state index in [4.69, 9.17) is 4.74 Å². The van der Waals surface area contributed by atoms with E-state index in [1.807, 2.05) is 6.92 Å². The molecule has 6 nitrogen and oxygen atoms in total. The van der Waals surface area contributed by atoms with Crippen LogP contribution in [0.2, 0.25) is 0 Å². The zero-order valence-electron chi connectivity index (χ0n) is 10.9. The van der Waals surface area contributed by atoms with Crippen LogP contribution in [-0.2, 0) is 9.59 Å². The SMILES string of the molecule is CNCC(C)C(=O)Nc1ccc2c(c1)NC(=O)CO2. The van der Waals surface area contributed by atoms with Gasteiger partial charge in [-0.15, -0.1) is 0 Å². The van der Waals surface area contributed by atoms with Gasteiger partial charge >= 0.3 is 0 Å². The van der Waals surface area contributed by atoms with Crippen molar-refractivity contribution in [1.29, 1.82) is 0 Å². The summed E-state index contributed by atoms with van der Waals surface area (Å²) in [4.78, 5) is 23.1. The first-order valence-electron chi connectivity index (χ1n) is 6.12. The van der Waals surface area contributed by atoms with E-state index in [1.165, 1.54) is 0 Å². The van der Waals surface area contributed by atoms with Crippen molar-refractivity contribution in [3.8, 4) is 5.75 Å². The lowest BCUT2D eigenvalue weighted by Crippen LogP contribution is -2.29. The number of anilines is 2. The number of carbonyl (C=O) groups excluding carboxylic acids is 2. The van der Waals surface area contributed by atoms with Gasteiger partial charge in [-0.2, -0.15) is 0 Å². The molecule has 1 unspecified atom stereocenters. The molecule has 0 saturated heterocycles. The molecule has 0 aromatic heterocycles. The van der Waals surface area contributed by atoms with E-state index in [0.717, 1.165) is 0 Å². The van der Waals surface area contributed by atoms with E-state index in [0.29, 0.717) is 23.7 Å². The number of rotatable bonds is 4. The zero-order valence-corrected chi connectivity index (χ0v) is 10.9. The van der Waals surface area contributed by atoms with Crippen LogP contribution in [0.25, 0.3) is 0 Å². The summed E-state index contributed by atoms with van der Waals surface area (Å²) in [5.41, 5.74) is 1.22. The van der Waals surface area contributed by atoms with E-state index < -0.39 is 0 Å². The van der Waals surface area contributed by atoms with Crippen molar-refractivity contribution in [2.24, 2.45) is 5.92 Å². The van der Waals surface area contributed by atoms with Gasteiger partial charge in [-0.3, -0.25) is 9.59 Å². The third kappa shape index (κ3) is 3.23. The van der Waals surface area contributed by atoms with Gasteiger partial charge in [0.1, 0.15) is 5.75 Å². The maximum absolute atomic E-state index is 11.9. The highest BCUT2D eigenvalue weighted by Crippen LogP contribution is 2.30. The number of nitrogens with one attached hydrogen (secondary N) is 3. The quantitative estimate of drug-likeness (QED) is 0.751. The summed E-state index contributed by atoms with van der Waals surface area (Å²) in [5, 5.41) is 8.46. The van der Waals surface area contributed by atoms with Gasteiger partial charge < -0.3 is 20.7 Å². The molecule has 2 rings (SSSR count). The molecule has 0 radical (unpaired) electrons.